The predicted molar refractivity (Wildman–Crippen MR) is 81.6 cm³/mol. The molecule has 1 N–H and O–H groups in total. The van der Waals surface area contributed by atoms with Crippen molar-refractivity contribution in [2.24, 2.45) is 5.92 Å². The van der Waals surface area contributed by atoms with Crippen LogP contribution in [0.5, 0.6) is 0 Å². The Kier molecular flexibility index (Phi) is 4.89. The maximum absolute atomic E-state index is 6.22. The van der Waals surface area contributed by atoms with E-state index in [1.165, 1.54) is 0 Å². The Labute approximate surface area is 131 Å². The minimum Gasteiger partial charge on any atom is -0.453 e. The molecule has 4 nitrogen and oxygen atoms in total. The second kappa shape index (κ2) is 6.69. The summed E-state index contributed by atoms with van der Waals surface area (Å²) in [6.07, 6.45) is 5.85. The van der Waals surface area contributed by atoms with Crippen LogP contribution in [0, 0.1) is 5.92 Å². The molecule has 2 aliphatic rings. The molecule has 5 heteroatoms. The van der Waals surface area contributed by atoms with Gasteiger partial charge in [0.2, 0.25) is 0 Å². The molecule has 2 aliphatic heterocycles. The summed E-state index contributed by atoms with van der Waals surface area (Å²) in [6.45, 7) is 5.49. The topological polar surface area (TPSA) is 43.6 Å². The molecule has 2 saturated heterocycles. The lowest BCUT2D eigenvalue weighted by Gasteiger charge is -2.40. The van der Waals surface area contributed by atoms with Crippen molar-refractivity contribution in [3.63, 3.8) is 0 Å². The van der Waals surface area contributed by atoms with Gasteiger partial charge in [-0.2, -0.15) is 0 Å². The summed E-state index contributed by atoms with van der Waals surface area (Å²) >= 11 is 6.22. The van der Waals surface area contributed by atoms with Gasteiger partial charge in [-0.15, -0.1) is 0 Å². The highest BCUT2D eigenvalue weighted by molar-refractivity contribution is 6.29. The molecule has 3 rings (SSSR count). The summed E-state index contributed by atoms with van der Waals surface area (Å²) in [5.41, 5.74) is 0.997. The lowest BCUT2D eigenvalue weighted by Crippen LogP contribution is -2.44. The van der Waals surface area contributed by atoms with Crippen molar-refractivity contribution in [2.75, 3.05) is 26.4 Å². The lowest BCUT2D eigenvalue weighted by molar-refractivity contribution is -0.103. The van der Waals surface area contributed by atoms with Crippen LogP contribution in [0.1, 0.15) is 44.2 Å². The van der Waals surface area contributed by atoms with Gasteiger partial charge in [0.1, 0.15) is 0 Å². The molecule has 1 spiro atoms. The van der Waals surface area contributed by atoms with E-state index < -0.39 is 0 Å². The van der Waals surface area contributed by atoms with Crippen LogP contribution in [-0.2, 0) is 9.47 Å². The molecule has 3 heterocycles. The van der Waals surface area contributed by atoms with Crippen molar-refractivity contribution < 1.29 is 13.9 Å². The van der Waals surface area contributed by atoms with Crippen molar-refractivity contribution in [1.29, 1.82) is 0 Å². The third-order valence-corrected chi connectivity index (χ3v) is 4.97. The number of ether oxygens (including phenoxy) is 2. The van der Waals surface area contributed by atoms with Crippen LogP contribution in [0.3, 0.4) is 0 Å². The SMILES string of the molecule is CCCNC(c1ccoc1Cl)C1CCOC2(CCOC2)C1. The maximum atomic E-state index is 6.22. The van der Waals surface area contributed by atoms with Crippen molar-refractivity contribution in [1.82, 2.24) is 5.32 Å². The molecule has 0 radical (unpaired) electrons. The van der Waals surface area contributed by atoms with Gasteiger partial charge in [-0.25, -0.2) is 0 Å². The summed E-state index contributed by atoms with van der Waals surface area (Å²) in [4.78, 5) is 0. The lowest BCUT2D eigenvalue weighted by atomic mass is 9.79. The molecular formula is C16H24ClNO3. The number of hydrogen-bond acceptors (Lipinski definition) is 4. The third kappa shape index (κ3) is 3.29. The monoisotopic (exact) mass is 313 g/mol. The zero-order valence-electron chi connectivity index (χ0n) is 12.6. The van der Waals surface area contributed by atoms with E-state index in [1.54, 1.807) is 6.26 Å². The Morgan fingerprint density at radius 1 is 1.48 bits per heavy atom. The van der Waals surface area contributed by atoms with Gasteiger partial charge in [0.25, 0.3) is 0 Å². The Balaban J connectivity index is 1.77. The van der Waals surface area contributed by atoms with E-state index >= 15 is 0 Å². The van der Waals surface area contributed by atoms with Crippen LogP contribution in [0.2, 0.25) is 5.22 Å². The number of rotatable bonds is 5. The second-order valence-corrected chi connectivity index (χ2v) is 6.51. The first kappa shape index (κ1) is 15.3. The summed E-state index contributed by atoms with van der Waals surface area (Å²) in [5.74, 6) is 0.502. The highest BCUT2D eigenvalue weighted by Gasteiger charge is 2.43. The first-order chi connectivity index (χ1) is 10.2. The Morgan fingerprint density at radius 3 is 3.05 bits per heavy atom. The standard InChI is InChI=1S/C16H24ClNO3/c1-2-6-18-14(13-4-7-20-15(13)17)12-3-8-21-16(10-12)5-9-19-11-16/h4,7,12,14,18H,2-3,5-6,8-11H2,1H3. The molecule has 0 saturated carbocycles. The molecule has 2 fully saturated rings. The minimum absolute atomic E-state index is 0.0781. The fraction of sp³-hybridized carbons (Fsp3) is 0.750. The van der Waals surface area contributed by atoms with Crippen LogP contribution in [0.25, 0.3) is 0 Å². The maximum Gasteiger partial charge on any atom is 0.197 e. The predicted octanol–water partition coefficient (Wildman–Crippen LogP) is 3.56. The summed E-state index contributed by atoms with van der Waals surface area (Å²) in [5, 5.41) is 4.15. The molecule has 0 aromatic carbocycles. The molecule has 0 bridgehead atoms. The third-order valence-electron chi connectivity index (χ3n) is 4.67. The van der Waals surface area contributed by atoms with E-state index in [9.17, 15) is 0 Å². The van der Waals surface area contributed by atoms with Crippen LogP contribution in [-0.4, -0.2) is 32.0 Å². The van der Waals surface area contributed by atoms with Crippen LogP contribution in [0.4, 0.5) is 0 Å². The normalized spacial score (nSPS) is 30.9. The molecule has 0 aliphatic carbocycles. The Morgan fingerprint density at radius 2 is 2.38 bits per heavy atom. The van der Waals surface area contributed by atoms with Crippen LogP contribution < -0.4 is 5.32 Å². The zero-order valence-corrected chi connectivity index (χ0v) is 13.3. The van der Waals surface area contributed by atoms with Gasteiger partial charge < -0.3 is 19.2 Å². The van der Waals surface area contributed by atoms with E-state index in [0.717, 1.165) is 57.6 Å². The summed E-state index contributed by atoms with van der Waals surface area (Å²) in [7, 11) is 0. The average Bonchev–Trinajstić information content (AvgIpc) is 3.10. The molecule has 3 unspecified atom stereocenters. The Bertz CT molecular complexity index is 456. The van der Waals surface area contributed by atoms with Gasteiger partial charge >= 0.3 is 0 Å². The van der Waals surface area contributed by atoms with Gasteiger partial charge in [-0.05, 0) is 49.4 Å². The van der Waals surface area contributed by atoms with Gasteiger partial charge in [-0.1, -0.05) is 6.92 Å². The molecule has 21 heavy (non-hydrogen) atoms. The van der Waals surface area contributed by atoms with Crippen molar-refractivity contribution >= 4 is 11.6 Å². The first-order valence-corrected chi connectivity index (χ1v) is 8.30. The van der Waals surface area contributed by atoms with E-state index in [0.29, 0.717) is 11.1 Å². The number of nitrogens with one attached hydrogen (secondary N) is 1. The molecule has 0 amide bonds. The summed E-state index contributed by atoms with van der Waals surface area (Å²) < 4.78 is 16.9. The number of halogens is 1. The fourth-order valence-electron chi connectivity index (χ4n) is 3.57. The van der Waals surface area contributed by atoms with Gasteiger partial charge in [0.15, 0.2) is 5.22 Å². The fourth-order valence-corrected chi connectivity index (χ4v) is 3.80. The largest absolute Gasteiger partial charge is 0.453 e. The highest BCUT2D eigenvalue weighted by Crippen LogP contribution is 2.42. The van der Waals surface area contributed by atoms with E-state index in [-0.39, 0.29) is 11.6 Å². The van der Waals surface area contributed by atoms with Crippen molar-refractivity contribution in [3.05, 3.63) is 23.1 Å². The van der Waals surface area contributed by atoms with Gasteiger partial charge in [-0.3, -0.25) is 0 Å². The summed E-state index contributed by atoms with van der Waals surface area (Å²) in [6, 6.07) is 2.22. The van der Waals surface area contributed by atoms with Gasteiger partial charge in [0, 0.05) is 31.2 Å². The Hall–Kier alpha value is -0.550. The minimum atomic E-state index is -0.0781. The number of hydrogen-bond donors (Lipinski definition) is 1. The van der Waals surface area contributed by atoms with Crippen LogP contribution >= 0.6 is 11.6 Å². The van der Waals surface area contributed by atoms with E-state index in [2.05, 4.69) is 12.2 Å². The van der Waals surface area contributed by atoms with E-state index in [4.69, 9.17) is 25.5 Å². The quantitative estimate of drug-likeness (QED) is 0.902. The van der Waals surface area contributed by atoms with Crippen molar-refractivity contribution in [3.8, 4) is 0 Å². The molecule has 1 aromatic rings. The molecular weight excluding hydrogens is 290 g/mol. The van der Waals surface area contributed by atoms with Gasteiger partial charge in [0.05, 0.1) is 18.5 Å². The van der Waals surface area contributed by atoms with Crippen molar-refractivity contribution in [2.45, 2.75) is 44.2 Å². The molecule has 3 atom stereocenters. The highest BCUT2D eigenvalue weighted by atomic mass is 35.5. The van der Waals surface area contributed by atoms with Crippen LogP contribution in [0.15, 0.2) is 16.7 Å². The first-order valence-electron chi connectivity index (χ1n) is 7.92. The average molecular weight is 314 g/mol. The zero-order chi connectivity index (χ0) is 14.7. The molecule has 1 aromatic heterocycles. The smallest absolute Gasteiger partial charge is 0.197 e. The molecule has 118 valence electrons. The second-order valence-electron chi connectivity index (χ2n) is 6.17. The number of furan rings is 1. The van der Waals surface area contributed by atoms with E-state index in [1.807, 2.05) is 6.07 Å².